The molecule has 0 radical (unpaired) electrons. The van der Waals surface area contributed by atoms with Gasteiger partial charge in [0.1, 0.15) is 0 Å². The van der Waals surface area contributed by atoms with Crippen LogP contribution in [0.4, 0.5) is 5.69 Å². The molecule has 0 aliphatic carbocycles. The average molecular weight is 343 g/mol. The van der Waals surface area contributed by atoms with Crippen molar-refractivity contribution in [1.82, 2.24) is 14.8 Å². The fourth-order valence-electron chi connectivity index (χ4n) is 1.98. The maximum atomic E-state index is 4.39. The molecular formula is C16H15BrN4. The molecule has 2 heterocycles. The molecule has 21 heavy (non-hydrogen) atoms. The Balaban J connectivity index is 1.66. The lowest BCUT2D eigenvalue weighted by Crippen LogP contribution is -2.02. The highest BCUT2D eigenvalue weighted by molar-refractivity contribution is 9.10. The molecule has 1 N–H and O–H groups in total. The van der Waals surface area contributed by atoms with E-state index in [1.54, 1.807) is 10.9 Å². The van der Waals surface area contributed by atoms with E-state index in [-0.39, 0.29) is 0 Å². The van der Waals surface area contributed by atoms with Crippen LogP contribution in [0, 0.1) is 6.92 Å². The second kappa shape index (κ2) is 6.10. The maximum Gasteiger partial charge on any atom is 0.153 e. The molecule has 3 aromatic rings. The summed E-state index contributed by atoms with van der Waals surface area (Å²) < 4.78 is 2.87. The molecule has 3 rings (SSSR count). The van der Waals surface area contributed by atoms with Crippen LogP contribution in [0.2, 0.25) is 0 Å². The molecule has 2 aromatic heterocycles. The van der Waals surface area contributed by atoms with Gasteiger partial charge in [-0.2, -0.15) is 5.10 Å². The fraction of sp³-hybridized carbons (Fsp3) is 0.125. The van der Waals surface area contributed by atoms with E-state index in [2.05, 4.69) is 56.5 Å². The summed E-state index contributed by atoms with van der Waals surface area (Å²) in [4.78, 5) is 4.39. The average Bonchev–Trinajstić information content (AvgIpc) is 3.03. The molecule has 0 bridgehead atoms. The predicted octanol–water partition coefficient (Wildman–Crippen LogP) is 3.95. The molecule has 0 unspecified atom stereocenters. The SMILES string of the molecule is Cc1ccc(CNc2ccc(-n3cccn3)nc2)cc1Br. The lowest BCUT2D eigenvalue weighted by molar-refractivity contribution is 0.847. The van der Waals surface area contributed by atoms with E-state index in [0.717, 1.165) is 22.5 Å². The Kier molecular flexibility index (Phi) is 4.01. The van der Waals surface area contributed by atoms with E-state index in [9.17, 15) is 0 Å². The molecule has 1 aromatic carbocycles. The summed E-state index contributed by atoms with van der Waals surface area (Å²) in [6.07, 6.45) is 5.43. The first-order valence-corrected chi connectivity index (χ1v) is 7.46. The Morgan fingerprint density at radius 2 is 2.14 bits per heavy atom. The summed E-state index contributed by atoms with van der Waals surface area (Å²) in [7, 11) is 0. The Morgan fingerprint density at radius 1 is 1.24 bits per heavy atom. The normalized spacial score (nSPS) is 10.6. The highest BCUT2D eigenvalue weighted by atomic mass is 79.9. The van der Waals surface area contributed by atoms with Crippen molar-refractivity contribution in [2.45, 2.75) is 13.5 Å². The number of hydrogen-bond acceptors (Lipinski definition) is 3. The minimum Gasteiger partial charge on any atom is -0.380 e. The van der Waals surface area contributed by atoms with Crippen LogP contribution in [0.5, 0.6) is 0 Å². The number of nitrogens with zero attached hydrogens (tertiary/aromatic N) is 3. The quantitative estimate of drug-likeness (QED) is 0.780. The van der Waals surface area contributed by atoms with Gasteiger partial charge in [-0.05, 0) is 42.3 Å². The first kappa shape index (κ1) is 13.8. The van der Waals surface area contributed by atoms with Gasteiger partial charge in [-0.1, -0.05) is 28.1 Å². The van der Waals surface area contributed by atoms with Gasteiger partial charge in [-0.25, -0.2) is 9.67 Å². The summed E-state index contributed by atoms with van der Waals surface area (Å²) in [5, 5.41) is 7.52. The van der Waals surface area contributed by atoms with Crippen molar-refractivity contribution in [3.63, 3.8) is 0 Å². The third-order valence-electron chi connectivity index (χ3n) is 3.22. The van der Waals surface area contributed by atoms with Crippen LogP contribution in [0.25, 0.3) is 5.82 Å². The third kappa shape index (κ3) is 3.31. The number of hydrogen-bond donors (Lipinski definition) is 1. The first-order chi connectivity index (χ1) is 10.2. The van der Waals surface area contributed by atoms with Crippen molar-refractivity contribution in [2.24, 2.45) is 0 Å². The Morgan fingerprint density at radius 3 is 2.81 bits per heavy atom. The van der Waals surface area contributed by atoms with Crippen LogP contribution in [0.1, 0.15) is 11.1 Å². The van der Waals surface area contributed by atoms with E-state index in [1.807, 2.05) is 30.6 Å². The minimum atomic E-state index is 0.766. The van der Waals surface area contributed by atoms with Gasteiger partial charge in [0.15, 0.2) is 5.82 Å². The van der Waals surface area contributed by atoms with E-state index in [0.29, 0.717) is 0 Å². The summed E-state index contributed by atoms with van der Waals surface area (Å²) in [6.45, 7) is 2.85. The molecule has 5 heteroatoms. The summed E-state index contributed by atoms with van der Waals surface area (Å²) in [6, 6.07) is 12.2. The van der Waals surface area contributed by atoms with Crippen LogP contribution < -0.4 is 5.32 Å². The van der Waals surface area contributed by atoms with Crippen LogP contribution in [0.3, 0.4) is 0 Å². The molecule has 106 valence electrons. The van der Waals surface area contributed by atoms with Gasteiger partial charge in [0, 0.05) is 23.4 Å². The fourth-order valence-corrected chi connectivity index (χ4v) is 2.41. The van der Waals surface area contributed by atoms with Gasteiger partial charge in [0.25, 0.3) is 0 Å². The van der Waals surface area contributed by atoms with Crippen molar-refractivity contribution < 1.29 is 0 Å². The molecule has 0 fully saturated rings. The zero-order chi connectivity index (χ0) is 14.7. The van der Waals surface area contributed by atoms with Crippen LogP contribution in [-0.2, 0) is 6.54 Å². The van der Waals surface area contributed by atoms with Crippen molar-refractivity contribution in [3.8, 4) is 5.82 Å². The number of aromatic nitrogens is 3. The predicted molar refractivity (Wildman–Crippen MR) is 87.6 cm³/mol. The van der Waals surface area contributed by atoms with Crippen molar-refractivity contribution in [1.29, 1.82) is 0 Å². The Labute approximate surface area is 132 Å². The topological polar surface area (TPSA) is 42.7 Å². The highest BCUT2D eigenvalue weighted by Gasteiger charge is 2.00. The number of rotatable bonds is 4. The highest BCUT2D eigenvalue weighted by Crippen LogP contribution is 2.18. The van der Waals surface area contributed by atoms with Gasteiger partial charge >= 0.3 is 0 Å². The number of halogens is 1. The molecular weight excluding hydrogens is 328 g/mol. The van der Waals surface area contributed by atoms with Gasteiger partial charge in [0.2, 0.25) is 0 Å². The lowest BCUT2D eigenvalue weighted by atomic mass is 10.1. The minimum absolute atomic E-state index is 0.766. The second-order valence-electron chi connectivity index (χ2n) is 4.79. The number of nitrogens with one attached hydrogen (secondary N) is 1. The molecule has 0 atom stereocenters. The van der Waals surface area contributed by atoms with E-state index in [1.165, 1.54) is 11.1 Å². The molecule has 0 aliphatic heterocycles. The zero-order valence-electron chi connectivity index (χ0n) is 11.6. The molecule has 4 nitrogen and oxygen atoms in total. The number of benzene rings is 1. The van der Waals surface area contributed by atoms with Crippen LogP contribution in [0.15, 0.2) is 59.5 Å². The number of aryl methyl sites for hydroxylation is 1. The summed E-state index contributed by atoms with van der Waals surface area (Å²) in [5.41, 5.74) is 3.45. The Hall–Kier alpha value is -2.14. The third-order valence-corrected chi connectivity index (χ3v) is 4.07. The van der Waals surface area contributed by atoms with Crippen molar-refractivity contribution >= 4 is 21.6 Å². The van der Waals surface area contributed by atoms with Crippen LogP contribution >= 0.6 is 15.9 Å². The molecule has 0 saturated carbocycles. The van der Waals surface area contributed by atoms with Crippen LogP contribution in [-0.4, -0.2) is 14.8 Å². The smallest absolute Gasteiger partial charge is 0.153 e. The molecule has 0 saturated heterocycles. The first-order valence-electron chi connectivity index (χ1n) is 6.67. The largest absolute Gasteiger partial charge is 0.380 e. The molecule has 0 aliphatic rings. The Bertz CT molecular complexity index is 721. The zero-order valence-corrected chi connectivity index (χ0v) is 13.2. The van der Waals surface area contributed by atoms with Gasteiger partial charge in [-0.15, -0.1) is 0 Å². The van der Waals surface area contributed by atoms with E-state index in [4.69, 9.17) is 0 Å². The lowest BCUT2D eigenvalue weighted by Gasteiger charge is -2.08. The molecule has 0 spiro atoms. The standard InChI is InChI=1S/C16H15BrN4/c1-12-3-4-13(9-15(12)17)10-18-14-5-6-16(19-11-14)21-8-2-7-20-21/h2-9,11,18H,10H2,1H3. The molecule has 0 amide bonds. The monoisotopic (exact) mass is 342 g/mol. The van der Waals surface area contributed by atoms with Gasteiger partial charge in [0.05, 0.1) is 11.9 Å². The van der Waals surface area contributed by atoms with Gasteiger partial charge in [-0.3, -0.25) is 0 Å². The van der Waals surface area contributed by atoms with Crippen molar-refractivity contribution in [2.75, 3.05) is 5.32 Å². The van der Waals surface area contributed by atoms with Crippen molar-refractivity contribution in [3.05, 3.63) is 70.6 Å². The second-order valence-corrected chi connectivity index (χ2v) is 5.65. The summed E-state index contributed by atoms with van der Waals surface area (Å²) in [5.74, 6) is 0.809. The number of pyridine rings is 1. The number of anilines is 1. The van der Waals surface area contributed by atoms with E-state index < -0.39 is 0 Å². The maximum absolute atomic E-state index is 4.39. The van der Waals surface area contributed by atoms with Gasteiger partial charge < -0.3 is 5.32 Å². The summed E-state index contributed by atoms with van der Waals surface area (Å²) >= 11 is 3.55. The van der Waals surface area contributed by atoms with E-state index >= 15 is 0 Å².